The lowest BCUT2D eigenvalue weighted by atomic mass is 10.1. The highest BCUT2D eigenvalue weighted by atomic mass is 31.3. The van der Waals surface area contributed by atoms with Crippen molar-refractivity contribution in [3.8, 4) is 0 Å². The van der Waals surface area contributed by atoms with Gasteiger partial charge in [0.05, 0.1) is 6.61 Å². The quantitative estimate of drug-likeness (QED) is 0.141. The van der Waals surface area contributed by atoms with Crippen molar-refractivity contribution in [1.29, 1.82) is 0 Å². The molecule has 0 saturated carbocycles. The molecular weight excluding hydrogens is 529 g/mol. The zero-order valence-corrected chi connectivity index (χ0v) is 20.1. The first-order valence-electron chi connectivity index (χ1n) is 9.19. The molecule has 6 atom stereocenters. The van der Waals surface area contributed by atoms with E-state index in [0.717, 1.165) is 21.4 Å². The normalized spacial score (nSPS) is 26.7. The van der Waals surface area contributed by atoms with Crippen LogP contribution in [-0.4, -0.2) is 63.8 Å². The average Bonchev–Trinajstić information content (AvgIpc) is 2.91. The maximum Gasteiger partial charge on any atom is 0.490 e. The third kappa shape index (κ3) is 7.86. The first-order valence-corrected chi connectivity index (χ1v) is 13.7. The number of phosphoric acid groups is 3. The molecule has 0 radical (unpaired) electrons. The van der Waals surface area contributed by atoms with E-state index in [1.54, 1.807) is 6.92 Å². The molecular formula is C14H23N2O15P3. The fraction of sp³-hybridized carbons (Fsp3) is 0.571. The van der Waals surface area contributed by atoms with E-state index in [2.05, 4.69) is 19.7 Å². The van der Waals surface area contributed by atoms with E-state index in [9.17, 15) is 38.4 Å². The molecule has 1 aromatic heterocycles. The highest BCUT2D eigenvalue weighted by molar-refractivity contribution is 7.66. The summed E-state index contributed by atoms with van der Waals surface area (Å²) in [6, 6.07) is 1.02. The lowest BCUT2D eigenvalue weighted by Gasteiger charge is -2.19. The Morgan fingerprint density at radius 2 is 1.71 bits per heavy atom. The van der Waals surface area contributed by atoms with Crippen LogP contribution in [0.2, 0.25) is 0 Å². The summed E-state index contributed by atoms with van der Waals surface area (Å²) in [6.45, 7) is 4.29. The number of aliphatic hydroxyl groups excluding tert-OH is 2. The number of ether oxygens (including phenoxy) is 1. The summed E-state index contributed by atoms with van der Waals surface area (Å²) in [5.74, 6) is 0. The zero-order chi connectivity index (χ0) is 26.1. The number of rotatable bonds is 11. The van der Waals surface area contributed by atoms with Gasteiger partial charge in [0.1, 0.15) is 18.3 Å². The van der Waals surface area contributed by atoms with Gasteiger partial charge in [-0.2, -0.15) is 8.62 Å². The summed E-state index contributed by atoms with van der Waals surface area (Å²) < 4.78 is 52.2. The van der Waals surface area contributed by atoms with Crippen LogP contribution in [0, 0.1) is 0 Å². The molecule has 1 aliphatic heterocycles. The lowest BCUT2D eigenvalue weighted by molar-refractivity contribution is -0.0548. The molecule has 1 fully saturated rings. The van der Waals surface area contributed by atoms with Crippen molar-refractivity contribution in [2.45, 2.75) is 44.4 Å². The molecule has 2 heterocycles. The van der Waals surface area contributed by atoms with Crippen LogP contribution < -0.4 is 11.2 Å². The summed E-state index contributed by atoms with van der Waals surface area (Å²) in [4.78, 5) is 60.3. The van der Waals surface area contributed by atoms with Gasteiger partial charge in [0.15, 0.2) is 6.23 Å². The number of hydrogen-bond donors (Lipinski definition) is 6. The predicted molar refractivity (Wildman–Crippen MR) is 110 cm³/mol. The minimum Gasteiger partial charge on any atom is -0.387 e. The molecule has 0 amide bonds. The Kier molecular flexibility index (Phi) is 9.16. The van der Waals surface area contributed by atoms with Gasteiger partial charge >= 0.3 is 29.2 Å². The largest absolute Gasteiger partial charge is 0.490 e. The molecule has 34 heavy (non-hydrogen) atoms. The number of aromatic nitrogens is 2. The van der Waals surface area contributed by atoms with Gasteiger partial charge in [-0.1, -0.05) is 5.57 Å². The van der Waals surface area contributed by atoms with Crippen molar-refractivity contribution in [2.75, 3.05) is 6.61 Å². The minimum absolute atomic E-state index is 0.0192. The second-order valence-corrected chi connectivity index (χ2v) is 11.6. The predicted octanol–water partition coefficient (Wildman–Crippen LogP) is -1.06. The Balaban J connectivity index is 2.15. The van der Waals surface area contributed by atoms with Gasteiger partial charge in [-0.05, 0) is 13.3 Å². The van der Waals surface area contributed by atoms with Gasteiger partial charge in [-0.15, -0.1) is 6.58 Å². The molecule has 194 valence electrons. The van der Waals surface area contributed by atoms with Crippen LogP contribution >= 0.6 is 23.5 Å². The molecule has 0 aliphatic carbocycles. The average molecular weight is 552 g/mol. The summed E-state index contributed by atoms with van der Waals surface area (Å²) in [7, 11) is -16.8. The van der Waals surface area contributed by atoms with Gasteiger partial charge in [0.25, 0.3) is 5.56 Å². The Morgan fingerprint density at radius 1 is 1.09 bits per heavy atom. The van der Waals surface area contributed by atoms with Crippen molar-refractivity contribution in [3.63, 3.8) is 0 Å². The Hall–Kier alpha value is -1.29. The molecule has 1 saturated heterocycles. The van der Waals surface area contributed by atoms with Crippen molar-refractivity contribution in [2.24, 2.45) is 0 Å². The summed E-state index contributed by atoms with van der Waals surface area (Å²) in [5.41, 5.74) is -0.834. The molecule has 6 N–H and O–H groups in total. The Bertz CT molecular complexity index is 1170. The molecule has 1 aliphatic rings. The van der Waals surface area contributed by atoms with Crippen molar-refractivity contribution >= 4 is 23.5 Å². The molecule has 20 heteroatoms. The maximum absolute atomic E-state index is 12.7. The monoisotopic (exact) mass is 552 g/mol. The third-order valence-electron chi connectivity index (χ3n) is 4.29. The first kappa shape index (κ1) is 28.9. The lowest BCUT2D eigenvalue weighted by Crippen LogP contribution is -2.43. The van der Waals surface area contributed by atoms with E-state index < -0.39 is 65.9 Å². The smallest absolute Gasteiger partial charge is 0.387 e. The number of hydrogen-bond acceptors (Lipinski definition) is 11. The summed E-state index contributed by atoms with van der Waals surface area (Å²) in [5, 5.41) is 20.4. The number of phosphoric ester groups is 1. The van der Waals surface area contributed by atoms with Gasteiger partial charge in [-0.3, -0.25) is 18.5 Å². The standard InChI is InChI=1S/C14H23N2O15P3/c1-8(2)3-5-15-10(17)4-6-16(14(15)20)13-12(19)11(18)9(29-13)7-28-33(24,25)31-34(26,27)30-32(21,22)23/h4,6,9,11-13,18-19H,1,3,5,7H2,2H3,(H,24,25)(H,26,27)(H2,21,22,23)/t9-,11?,12?,13-/m0/s1. The van der Waals surface area contributed by atoms with Gasteiger partial charge in [0.2, 0.25) is 0 Å². The molecule has 0 aromatic carbocycles. The second kappa shape index (κ2) is 10.8. The summed E-state index contributed by atoms with van der Waals surface area (Å²) >= 11 is 0. The zero-order valence-electron chi connectivity index (χ0n) is 17.4. The Morgan fingerprint density at radius 3 is 2.26 bits per heavy atom. The molecule has 17 nitrogen and oxygen atoms in total. The van der Waals surface area contributed by atoms with E-state index in [1.165, 1.54) is 0 Å². The van der Waals surface area contributed by atoms with Crippen molar-refractivity contribution < 1.29 is 61.4 Å². The van der Waals surface area contributed by atoms with E-state index in [0.29, 0.717) is 12.0 Å². The SMILES string of the molecule is C=C(C)CCn1c(=O)ccn([C@H]2O[C@@H](COP(=O)(O)OP(=O)(O)OP(=O)(O)O)C(O)C2O)c1=O. The van der Waals surface area contributed by atoms with Gasteiger partial charge in [0, 0.05) is 18.8 Å². The van der Waals surface area contributed by atoms with Crippen LogP contribution in [0.3, 0.4) is 0 Å². The van der Waals surface area contributed by atoms with Gasteiger partial charge in [-0.25, -0.2) is 18.5 Å². The number of nitrogens with zero attached hydrogens (tertiary/aromatic N) is 2. The van der Waals surface area contributed by atoms with Crippen molar-refractivity contribution in [3.05, 3.63) is 45.3 Å². The molecule has 2 rings (SSSR count). The first-order chi connectivity index (χ1) is 15.4. The maximum atomic E-state index is 12.7. The Labute approximate surface area is 190 Å². The van der Waals surface area contributed by atoms with Crippen LogP contribution in [-0.2, 0) is 38.1 Å². The van der Waals surface area contributed by atoms with E-state index in [4.69, 9.17) is 19.4 Å². The molecule has 4 unspecified atom stereocenters. The second-order valence-electron chi connectivity index (χ2n) is 7.14. The van der Waals surface area contributed by atoms with E-state index in [1.807, 2.05) is 0 Å². The minimum atomic E-state index is -5.75. The molecule has 1 aromatic rings. The van der Waals surface area contributed by atoms with Crippen LogP contribution in [0.5, 0.6) is 0 Å². The number of allylic oxidation sites excluding steroid dienone is 1. The third-order valence-corrected chi connectivity index (χ3v) is 8.09. The summed E-state index contributed by atoms with van der Waals surface area (Å²) in [6.07, 6.45) is -5.42. The van der Waals surface area contributed by atoms with Crippen LogP contribution in [0.1, 0.15) is 19.6 Å². The van der Waals surface area contributed by atoms with Gasteiger partial charge < -0.3 is 34.5 Å². The van der Waals surface area contributed by atoms with Crippen molar-refractivity contribution in [1.82, 2.24) is 9.13 Å². The van der Waals surface area contributed by atoms with E-state index >= 15 is 0 Å². The topological polar surface area (TPSA) is 254 Å². The number of aliphatic hydroxyl groups is 2. The van der Waals surface area contributed by atoms with Crippen LogP contribution in [0.25, 0.3) is 0 Å². The highest BCUT2D eigenvalue weighted by Crippen LogP contribution is 2.66. The van der Waals surface area contributed by atoms with Crippen LogP contribution in [0.4, 0.5) is 0 Å². The fourth-order valence-electron chi connectivity index (χ4n) is 2.80. The fourth-order valence-corrected chi connectivity index (χ4v) is 5.83. The molecule has 0 bridgehead atoms. The molecule has 0 spiro atoms. The highest BCUT2D eigenvalue weighted by Gasteiger charge is 2.46. The van der Waals surface area contributed by atoms with E-state index in [-0.39, 0.29) is 6.54 Å². The van der Waals surface area contributed by atoms with Crippen LogP contribution in [0.15, 0.2) is 34.0 Å².